The van der Waals surface area contributed by atoms with Crippen molar-refractivity contribution in [2.24, 2.45) is 0 Å². The van der Waals surface area contributed by atoms with E-state index in [1.165, 1.54) is 30.6 Å². The highest BCUT2D eigenvalue weighted by Crippen LogP contribution is 2.23. The minimum atomic E-state index is 0.297. The lowest BCUT2D eigenvalue weighted by atomic mass is 10.2. The predicted octanol–water partition coefficient (Wildman–Crippen LogP) is 3.57. The maximum absolute atomic E-state index is 12.0. The first-order chi connectivity index (χ1) is 8.77. The molecule has 1 aromatic rings. The van der Waals surface area contributed by atoms with Crippen LogP contribution in [-0.4, -0.2) is 29.6 Å². The van der Waals surface area contributed by atoms with Crippen molar-refractivity contribution in [1.29, 1.82) is 0 Å². The molecule has 1 aliphatic rings. The average Bonchev–Trinajstić information content (AvgIpc) is 2.93. The van der Waals surface area contributed by atoms with Gasteiger partial charge in [-0.25, -0.2) is 0 Å². The summed E-state index contributed by atoms with van der Waals surface area (Å²) in [4.78, 5) is 15.2. The van der Waals surface area contributed by atoms with Crippen LogP contribution in [0.3, 0.4) is 0 Å². The van der Waals surface area contributed by atoms with Gasteiger partial charge in [0.05, 0.1) is 0 Å². The van der Waals surface area contributed by atoms with Crippen molar-refractivity contribution in [3.63, 3.8) is 0 Å². The minimum Gasteiger partial charge on any atom is -0.343 e. The second kappa shape index (κ2) is 6.83. The Morgan fingerprint density at radius 3 is 2.61 bits per heavy atom. The molecular formula is C15H21NOS. The van der Waals surface area contributed by atoms with E-state index in [2.05, 4.69) is 12.1 Å². The first-order valence-corrected chi connectivity index (χ1v) is 7.69. The zero-order valence-corrected chi connectivity index (χ0v) is 11.8. The zero-order chi connectivity index (χ0) is 12.8. The third kappa shape index (κ3) is 3.77. The van der Waals surface area contributed by atoms with Crippen LogP contribution in [0.5, 0.6) is 0 Å². The lowest BCUT2D eigenvalue weighted by molar-refractivity contribution is -0.131. The highest BCUT2D eigenvalue weighted by atomic mass is 32.2. The lowest BCUT2D eigenvalue weighted by Gasteiger charge is -2.24. The Balaban J connectivity index is 1.71. The van der Waals surface area contributed by atoms with Gasteiger partial charge in [-0.15, -0.1) is 11.8 Å². The van der Waals surface area contributed by atoms with Gasteiger partial charge in [0.25, 0.3) is 0 Å². The van der Waals surface area contributed by atoms with Crippen LogP contribution >= 0.6 is 11.8 Å². The molecule has 0 unspecified atom stereocenters. The van der Waals surface area contributed by atoms with Crippen molar-refractivity contribution in [2.75, 3.05) is 12.8 Å². The molecule has 2 rings (SSSR count). The van der Waals surface area contributed by atoms with E-state index in [4.69, 9.17) is 0 Å². The smallest absolute Gasteiger partial charge is 0.223 e. The molecule has 0 N–H and O–H groups in total. The largest absolute Gasteiger partial charge is 0.343 e. The number of carbonyl (C=O) groups excluding carboxylic acids is 1. The van der Waals surface area contributed by atoms with Gasteiger partial charge in [0.15, 0.2) is 0 Å². The molecule has 0 saturated heterocycles. The Hall–Kier alpha value is -0.960. The highest BCUT2D eigenvalue weighted by molar-refractivity contribution is 7.99. The number of hydrogen-bond acceptors (Lipinski definition) is 2. The minimum absolute atomic E-state index is 0.297. The van der Waals surface area contributed by atoms with E-state index in [-0.39, 0.29) is 0 Å². The van der Waals surface area contributed by atoms with Gasteiger partial charge in [-0.3, -0.25) is 4.79 Å². The molecule has 0 spiro atoms. The molecule has 1 fully saturated rings. The Morgan fingerprint density at radius 2 is 1.94 bits per heavy atom. The molecular weight excluding hydrogens is 242 g/mol. The topological polar surface area (TPSA) is 20.3 Å². The fourth-order valence-electron chi connectivity index (χ4n) is 2.44. The highest BCUT2D eigenvalue weighted by Gasteiger charge is 2.22. The Morgan fingerprint density at radius 1 is 1.28 bits per heavy atom. The van der Waals surface area contributed by atoms with Gasteiger partial charge in [0.2, 0.25) is 5.91 Å². The van der Waals surface area contributed by atoms with Crippen LogP contribution in [0, 0.1) is 0 Å². The maximum atomic E-state index is 12.0. The Kier molecular flexibility index (Phi) is 5.12. The van der Waals surface area contributed by atoms with Gasteiger partial charge in [-0.2, -0.15) is 0 Å². The van der Waals surface area contributed by atoms with Gasteiger partial charge in [-0.1, -0.05) is 31.0 Å². The summed E-state index contributed by atoms with van der Waals surface area (Å²) in [5.41, 5.74) is 0. The van der Waals surface area contributed by atoms with E-state index in [9.17, 15) is 4.79 Å². The number of nitrogens with zero attached hydrogens (tertiary/aromatic N) is 1. The lowest BCUT2D eigenvalue weighted by Crippen LogP contribution is -2.35. The molecule has 0 aliphatic heterocycles. The van der Waals surface area contributed by atoms with Gasteiger partial charge in [0.1, 0.15) is 0 Å². The van der Waals surface area contributed by atoms with Crippen LogP contribution in [0.4, 0.5) is 0 Å². The number of carbonyl (C=O) groups is 1. The van der Waals surface area contributed by atoms with Crippen LogP contribution in [0.25, 0.3) is 0 Å². The van der Waals surface area contributed by atoms with Gasteiger partial charge < -0.3 is 4.90 Å². The SMILES string of the molecule is CN(C(=O)CCSc1ccccc1)C1CCCC1. The van der Waals surface area contributed by atoms with E-state index in [0.29, 0.717) is 18.4 Å². The molecule has 0 radical (unpaired) electrons. The Bertz CT molecular complexity index is 373. The fourth-order valence-corrected chi connectivity index (χ4v) is 3.31. The van der Waals surface area contributed by atoms with Crippen molar-refractivity contribution in [1.82, 2.24) is 4.90 Å². The van der Waals surface area contributed by atoms with Gasteiger partial charge in [-0.05, 0) is 25.0 Å². The summed E-state index contributed by atoms with van der Waals surface area (Å²) in [6.45, 7) is 0. The maximum Gasteiger partial charge on any atom is 0.223 e. The monoisotopic (exact) mass is 263 g/mol. The van der Waals surface area contributed by atoms with E-state index < -0.39 is 0 Å². The zero-order valence-electron chi connectivity index (χ0n) is 11.0. The van der Waals surface area contributed by atoms with Crippen LogP contribution in [-0.2, 0) is 4.79 Å². The van der Waals surface area contributed by atoms with Crippen molar-refractivity contribution < 1.29 is 4.79 Å². The molecule has 2 nitrogen and oxygen atoms in total. The van der Waals surface area contributed by atoms with Crippen molar-refractivity contribution in [3.05, 3.63) is 30.3 Å². The first kappa shape index (κ1) is 13.5. The summed E-state index contributed by atoms with van der Waals surface area (Å²) >= 11 is 1.76. The second-order valence-corrected chi connectivity index (χ2v) is 6.02. The molecule has 1 amide bonds. The van der Waals surface area contributed by atoms with Crippen LogP contribution in [0.1, 0.15) is 32.1 Å². The molecule has 18 heavy (non-hydrogen) atoms. The summed E-state index contributed by atoms with van der Waals surface area (Å²) in [6.07, 6.45) is 5.58. The normalized spacial score (nSPS) is 15.8. The molecule has 3 heteroatoms. The molecule has 1 aliphatic carbocycles. The van der Waals surface area contributed by atoms with Crippen LogP contribution in [0.2, 0.25) is 0 Å². The molecule has 0 bridgehead atoms. The van der Waals surface area contributed by atoms with Gasteiger partial charge in [0, 0.05) is 30.2 Å². The molecule has 0 aromatic heterocycles. The van der Waals surface area contributed by atoms with E-state index in [0.717, 1.165) is 5.75 Å². The second-order valence-electron chi connectivity index (χ2n) is 4.85. The average molecular weight is 263 g/mol. The summed E-state index contributed by atoms with van der Waals surface area (Å²) in [5.74, 6) is 1.17. The molecule has 0 atom stereocenters. The summed E-state index contributed by atoms with van der Waals surface area (Å²) in [7, 11) is 1.96. The van der Waals surface area contributed by atoms with Crippen LogP contribution < -0.4 is 0 Å². The van der Waals surface area contributed by atoms with Crippen LogP contribution in [0.15, 0.2) is 35.2 Å². The molecule has 1 aromatic carbocycles. The summed E-state index contributed by atoms with van der Waals surface area (Å²) < 4.78 is 0. The van der Waals surface area contributed by atoms with Crippen molar-refractivity contribution >= 4 is 17.7 Å². The Labute approximate surface area is 114 Å². The number of thioether (sulfide) groups is 1. The van der Waals surface area contributed by atoms with Crippen molar-refractivity contribution in [3.8, 4) is 0 Å². The van der Waals surface area contributed by atoms with Gasteiger partial charge >= 0.3 is 0 Å². The van der Waals surface area contributed by atoms with E-state index in [1.54, 1.807) is 11.8 Å². The quantitative estimate of drug-likeness (QED) is 0.757. The molecule has 1 saturated carbocycles. The fraction of sp³-hybridized carbons (Fsp3) is 0.533. The predicted molar refractivity (Wildman–Crippen MR) is 76.8 cm³/mol. The number of amides is 1. The van der Waals surface area contributed by atoms with E-state index in [1.807, 2.05) is 30.1 Å². The number of benzene rings is 1. The third-order valence-electron chi connectivity index (χ3n) is 3.59. The number of rotatable bonds is 5. The standard InChI is InChI=1S/C15H21NOS/c1-16(13-7-5-6-8-13)15(17)11-12-18-14-9-3-2-4-10-14/h2-4,9-10,13H,5-8,11-12H2,1H3. The van der Waals surface area contributed by atoms with Crippen molar-refractivity contribution in [2.45, 2.75) is 43.0 Å². The summed E-state index contributed by atoms with van der Waals surface area (Å²) in [5, 5.41) is 0. The molecule has 0 heterocycles. The van der Waals surface area contributed by atoms with E-state index >= 15 is 0 Å². The number of hydrogen-bond donors (Lipinski definition) is 0. The summed E-state index contributed by atoms with van der Waals surface area (Å²) in [6, 6.07) is 10.8. The first-order valence-electron chi connectivity index (χ1n) is 6.71. The third-order valence-corrected chi connectivity index (χ3v) is 4.61. The molecule has 98 valence electrons.